The summed E-state index contributed by atoms with van der Waals surface area (Å²) >= 11 is 1.31. The number of fused-ring (bicyclic) bond motifs is 1. The van der Waals surface area contributed by atoms with Gasteiger partial charge in [0.25, 0.3) is 5.91 Å². The van der Waals surface area contributed by atoms with E-state index < -0.39 is 12.0 Å². The quantitative estimate of drug-likeness (QED) is 0.716. The topological polar surface area (TPSA) is 85.2 Å². The van der Waals surface area contributed by atoms with Crippen molar-refractivity contribution in [2.75, 3.05) is 6.61 Å². The number of hydrogen-bond acceptors (Lipinski definition) is 5. The number of thiophene rings is 1. The Kier molecular flexibility index (Phi) is 4.48. The largest absolute Gasteiger partial charge is 0.449 e. The number of carbonyl (C=O) groups is 2. The molecule has 0 atom stereocenters. The minimum Gasteiger partial charge on any atom is -0.449 e. The summed E-state index contributed by atoms with van der Waals surface area (Å²) in [5.74, 6) is -0.400. The van der Waals surface area contributed by atoms with Gasteiger partial charge in [0.1, 0.15) is 4.83 Å². The van der Waals surface area contributed by atoms with Gasteiger partial charge in [-0.2, -0.15) is 5.10 Å². The molecule has 0 aliphatic heterocycles. The number of carbonyl (C=O) groups excluding carboxylic acids is 2. The summed E-state index contributed by atoms with van der Waals surface area (Å²) in [6.45, 7) is 3.81. The molecule has 0 fully saturated rings. The average molecular weight is 344 g/mol. The summed E-state index contributed by atoms with van der Waals surface area (Å²) in [7, 11) is 0. The number of amides is 2. The van der Waals surface area contributed by atoms with Gasteiger partial charge in [0.15, 0.2) is 0 Å². The Balaban J connectivity index is 1.86. The van der Waals surface area contributed by atoms with Crippen molar-refractivity contribution < 1.29 is 14.3 Å². The van der Waals surface area contributed by atoms with E-state index in [1.54, 1.807) is 13.0 Å². The third-order valence-electron chi connectivity index (χ3n) is 3.32. The summed E-state index contributed by atoms with van der Waals surface area (Å²) in [5.41, 5.74) is 6.29. The lowest BCUT2D eigenvalue weighted by Gasteiger charge is -2.05. The van der Waals surface area contributed by atoms with E-state index in [9.17, 15) is 9.59 Å². The molecule has 0 saturated heterocycles. The van der Waals surface area contributed by atoms with Crippen LogP contribution >= 0.6 is 11.3 Å². The average Bonchev–Trinajstić information content (AvgIpc) is 3.15. The van der Waals surface area contributed by atoms with Crippen molar-refractivity contribution in [1.82, 2.24) is 20.6 Å². The maximum Gasteiger partial charge on any atom is 0.426 e. The molecule has 1 aromatic carbocycles. The number of benzene rings is 1. The molecule has 0 saturated carbocycles. The van der Waals surface area contributed by atoms with Crippen LogP contribution in [0.3, 0.4) is 0 Å². The number of para-hydroxylation sites is 1. The number of hydrogen-bond donors (Lipinski definition) is 2. The van der Waals surface area contributed by atoms with E-state index in [2.05, 4.69) is 16.0 Å². The SMILES string of the molecule is CCOC(=O)NNC(=O)c1cc2c(C)nn(-c3ccccc3)c2s1. The van der Waals surface area contributed by atoms with Crippen molar-refractivity contribution in [3.8, 4) is 5.69 Å². The van der Waals surface area contributed by atoms with Crippen LogP contribution in [-0.2, 0) is 4.74 Å². The number of rotatable bonds is 3. The Morgan fingerprint density at radius 3 is 2.71 bits per heavy atom. The number of nitrogens with zero attached hydrogens (tertiary/aromatic N) is 2. The number of nitrogens with one attached hydrogen (secondary N) is 2. The molecule has 0 aliphatic rings. The third kappa shape index (κ3) is 3.09. The van der Waals surface area contributed by atoms with Gasteiger partial charge in [0, 0.05) is 5.39 Å². The van der Waals surface area contributed by atoms with Gasteiger partial charge in [0.2, 0.25) is 0 Å². The highest BCUT2D eigenvalue weighted by atomic mass is 32.1. The highest BCUT2D eigenvalue weighted by Crippen LogP contribution is 2.30. The Bertz CT molecular complexity index is 886. The van der Waals surface area contributed by atoms with Crippen LogP contribution in [0.1, 0.15) is 22.3 Å². The second kappa shape index (κ2) is 6.71. The van der Waals surface area contributed by atoms with Crippen molar-refractivity contribution in [3.63, 3.8) is 0 Å². The van der Waals surface area contributed by atoms with E-state index in [-0.39, 0.29) is 6.61 Å². The molecular formula is C16H16N4O3S. The molecule has 8 heteroatoms. The molecule has 124 valence electrons. The van der Waals surface area contributed by atoms with Crippen molar-refractivity contribution in [1.29, 1.82) is 0 Å². The van der Waals surface area contributed by atoms with Crippen LogP contribution in [0.5, 0.6) is 0 Å². The molecule has 0 radical (unpaired) electrons. The molecule has 24 heavy (non-hydrogen) atoms. The van der Waals surface area contributed by atoms with E-state index in [0.29, 0.717) is 4.88 Å². The number of ether oxygens (including phenoxy) is 1. The molecule has 3 rings (SSSR count). The van der Waals surface area contributed by atoms with Gasteiger partial charge >= 0.3 is 6.09 Å². The summed E-state index contributed by atoms with van der Waals surface area (Å²) < 4.78 is 6.50. The monoisotopic (exact) mass is 344 g/mol. The Morgan fingerprint density at radius 2 is 2.00 bits per heavy atom. The summed E-state index contributed by atoms with van der Waals surface area (Å²) in [6, 6.07) is 11.5. The first-order valence-electron chi connectivity index (χ1n) is 7.38. The van der Waals surface area contributed by atoms with Gasteiger partial charge in [-0.25, -0.2) is 14.9 Å². The molecule has 0 bridgehead atoms. The minimum atomic E-state index is -0.696. The van der Waals surface area contributed by atoms with Crippen LogP contribution in [0.4, 0.5) is 4.79 Å². The summed E-state index contributed by atoms with van der Waals surface area (Å²) in [5, 5.41) is 5.43. The van der Waals surface area contributed by atoms with Crippen molar-refractivity contribution in [3.05, 3.63) is 47.0 Å². The van der Waals surface area contributed by atoms with E-state index in [1.807, 2.05) is 41.9 Å². The molecule has 2 amide bonds. The fraction of sp³-hybridized carbons (Fsp3) is 0.188. The van der Waals surface area contributed by atoms with Crippen LogP contribution in [0.25, 0.3) is 15.9 Å². The van der Waals surface area contributed by atoms with Crippen LogP contribution in [0, 0.1) is 6.92 Å². The first kappa shape index (κ1) is 16.0. The van der Waals surface area contributed by atoms with E-state index in [0.717, 1.165) is 21.6 Å². The van der Waals surface area contributed by atoms with Gasteiger partial charge in [-0.15, -0.1) is 11.3 Å². The van der Waals surface area contributed by atoms with Gasteiger partial charge in [0.05, 0.1) is 22.9 Å². The normalized spacial score (nSPS) is 10.6. The fourth-order valence-electron chi connectivity index (χ4n) is 2.24. The van der Waals surface area contributed by atoms with Crippen LogP contribution in [-0.4, -0.2) is 28.4 Å². The standard InChI is InChI=1S/C16H16N4O3S/c1-3-23-16(22)18-17-14(21)13-9-12-10(2)19-20(15(12)24-13)11-7-5-4-6-8-11/h4-9H,3H2,1-2H3,(H,17,21)(H,18,22). The maximum absolute atomic E-state index is 12.2. The second-order valence-corrected chi connectivity index (χ2v) is 5.99. The minimum absolute atomic E-state index is 0.233. The number of hydrazine groups is 1. The van der Waals surface area contributed by atoms with E-state index >= 15 is 0 Å². The van der Waals surface area contributed by atoms with Crippen LogP contribution in [0.15, 0.2) is 36.4 Å². The zero-order chi connectivity index (χ0) is 17.1. The summed E-state index contributed by atoms with van der Waals surface area (Å²) in [4.78, 5) is 24.8. The summed E-state index contributed by atoms with van der Waals surface area (Å²) in [6.07, 6.45) is -0.696. The first-order valence-corrected chi connectivity index (χ1v) is 8.19. The fourth-order valence-corrected chi connectivity index (χ4v) is 3.32. The molecule has 3 aromatic rings. The Labute approximate surface area is 142 Å². The van der Waals surface area contributed by atoms with Crippen molar-refractivity contribution in [2.45, 2.75) is 13.8 Å². The van der Waals surface area contributed by atoms with Crippen LogP contribution in [0.2, 0.25) is 0 Å². The van der Waals surface area contributed by atoms with E-state index in [4.69, 9.17) is 4.74 Å². The van der Waals surface area contributed by atoms with E-state index in [1.165, 1.54) is 11.3 Å². The molecule has 2 heterocycles. The first-order chi connectivity index (χ1) is 11.6. The number of aryl methyl sites for hydroxylation is 1. The lowest BCUT2D eigenvalue weighted by molar-refractivity contribution is 0.0916. The van der Waals surface area contributed by atoms with Crippen molar-refractivity contribution in [2.24, 2.45) is 0 Å². The van der Waals surface area contributed by atoms with Crippen LogP contribution < -0.4 is 10.9 Å². The highest BCUT2D eigenvalue weighted by molar-refractivity contribution is 7.20. The smallest absolute Gasteiger partial charge is 0.426 e. The lowest BCUT2D eigenvalue weighted by atomic mass is 10.3. The molecule has 7 nitrogen and oxygen atoms in total. The third-order valence-corrected chi connectivity index (χ3v) is 4.43. The van der Waals surface area contributed by atoms with Gasteiger partial charge in [-0.1, -0.05) is 18.2 Å². The van der Waals surface area contributed by atoms with Gasteiger partial charge in [-0.05, 0) is 32.0 Å². The molecule has 0 spiro atoms. The highest BCUT2D eigenvalue weighted by Gasteiger charge is 2.17. The Hall–Kier alpha value is -2.87. The molecule has 2 aromatic heterocycles. The lowest BCUT2D eigenvalue weighted by Crippen LogP contribution is -2.41. The Morgan fingerprint density at radius 1 is 1.25 bits per heavy atom. The predicted octanol–water partition coefficient (Wildman–Crippen LogP) is 2.79. The maximum atomic E-state index is 12.2. The van der Waals surface area contributed by atoms with Gasteiger partial charge < -0.3 is 4.74 Å². The van der Waals surface area contributed by atoms with Crippen molar-refractivity contribution >= 4 is 33.6 Å². The molecule has 2 N–H and O–H groups in total. The second-order valence-electron chi connectivity index (χ2n) is 4.96. The number of aromatic nitrogens is 2. The molecule has 0 unspecified atom stereocenters. The molecular weight excluding hydrogens is 328 g/mol. The van der Waals surface area contributed by atoms with Gasteiger partial charge in [-0.3, -0.25) is 10.2 Å². The molecule has 0 aliphatic carbocycles. The zero-order valence-corrected chi connectivity index (χ0v) is 14.0. The predicted molar refractivity (Wildman–Crippen MR) is 91.3 cm³/mol. The zero-order valence-electron chi connectivity index (χ0n) is 13.2.